The van der Waals surface area contributed by atoms with E-state index in [1.807, 2.05) is 18.2 Å². The van der Waals surface area contributed by atoms with E-state index in [2.05, 4.69) is 27.2 Å². The number of pyridine rings is 1. The van der Waals surface area contributed by atoms with Crippen molar-refractivity contribution in [2.24, 2.45) is 0 Å². The van der Waals surface area contributed by atoms with Gasteiger partial charge in [0.2, 0.25) is 0 Å². The lowest BCUT2D eigenvalue weighted by molar-refractivity contribution is 0.0958. The maximum Gasteiger partial charge on any atom is 0.253 e. The van der Waals surface area contributed by atoms with Crippen LogP contribution in [0.5, 0.6) is 5.75 Å². The molecule has 0 aliphatic carbocycles. The number of nitrogens with one attached hydrogen (secondary N) is 1. The summed E-state index contributed by atoms with van der Waals surface area (Å²) in [5.41, 5.74) is 3.02. The van der Waals surface area contributed by atoms with Gasteiger partial charge in [0.15, 0.2) is 0 Å². The maximum absolute atomic E-state index is 11.9. The average Bonchev–Trinajstić information content (AvgIpc) is 2.65. The van der Waals surface area contributed by atoms with Crippen LogP contribution in [0.4, 0.5) is 5.82 Å². The number of ether oxygens (including phenoxy) is 1. The number of nitrogens with zero attached hydrogens (tertiary/aromatic N) is 2. The Labute approximate surface area is 141 Å². The van der Waals surface area contributed by atoms with Gasteiger partial charge in [-0.2, -0.15) is 0 Å². The van der Waals surface area contributed by atoms with E-state index in [0.717, 1.165) is 31.1 Å². The van der Waals surface area contributed by atoms with E-state index in [9.17, 15) is 4.79 Å². The van der Waals surface area contributed by atoms with Crippen molar-refractivity contribution in [2.45, 2.75) is 13.0 Å². The van der Waals surface area contributed by atoms with Crippen molar-refractivity contribution in [2.75, 3.05) is 25.1 Å². The molecule has 0 radical (unpaired) electrons. The molecule has 0 saturated carbocycles. The van der Waals surface area contributed by atoms with Crippen LogP contribution in [0.2, 0.25) is 0 Å². The highest BCUT2D eigenvalue weighted by molar-refractivity contribution is 5.94. The molecule has 3 rings (SSSR count). The second-order valence-electron chi connectivity index (χ2n) is 5.56. The number of hydrogen-bond donors (Lipinski definition) is 1. The van der Waals surface area contributed by atoms with Gasteiger partial charge in [-0.1, -0.05) is 18.1 Å². The van der Waals surface area contributed by atoms with Crippen LogP contribution in [0.3, 0.4) is 0 Å². The first-order chi connectivity index (χ1) is 11.7. The Bertz CT molecular complexity index is 778. The fourth-order valence-electron chi connectivity index (χ4n) is 2.90. The topological polar surface area (TPSA) is 54.5 Å². The normalized spacial score (nSPS) is 12.9. The molecule has 1 aromatic carbocycles. The summed E-state index contributed by atoms with van der Waals surface area (Å²) in [6.45, 7) is 1.86. The molecule has 5 heteroatoms. The van der Waals surface area contributed by atoms with Gasteiger partial charge < -0.3 is 15.0 Å². The summed E-state index contributed by atoms with van der Waals surface area (Å²) in [5, 5.41) is 2.63. The molecule has 0 atom stereocenters. The zero-order chi connectivity index (χ0) is 16.9. The molecular formula is C19H19N3O2. The zero-order valence-corrected chi connectivity index (χ0v) is 13.6. The molecule has 0 fully saturated rings. The third-order valence-electron chi connectivity index (χ3n) is 4.13. The Morgan fingerprint density at radius 3 is 3.00 bits per heavy atom. The van der Waals surface area contributed by atoms with Gasteiger partial charge in [0.1, 0.15) is 11.6 Å². The first kappa shape index (κ1) is 15.9. The predicted octanol–water partition coefficient (Wildman–Crippen LogP) is 2.02. The molecule has 0 bridgehead atoms. The number of aromatic nitrogens is 1. The summed E-state index contributed by atoms with van der Waals surface area (Å²) < 4.78 is 5.44. The highest BCUT2D eigenvalue weighted by atomic mass is 16.5. The van der Waals surface area contributed by atoms with Gasteiger partial charge in [-0.05, 0) is 30.2 Å². The van der Waals surface area contributed by atoms with E-state index in [1.165, 1.54) is 11.1 Å². The monoisotopic (exact) mass is 321 g/mol. The minimum Gasteiger partial charge on any atom is -0.496 e. The molecule has 5 nitrogen and oxygen atoms in total. The molecule has 1 aromatic heterocycles. The SMILES string of the molecule is C#CCNC(=O)c1ccc(N2CCc3c(cccc3OC)C2)nc1. The van der Waals surface area contributed by atoms with Crippen LogP contribution < -0.4 is 15.0 Å². The lowest BCUT2D eigenvalue weighted by Crippen LogP contribution is -2.31. The Balaban J connectivity index is 1.74. The van der Waals surface area contributed by atoms with Crippen molar-refractivity contribution in [1.82, 2.24) is 10.3 Å². The number of rotatable bonds is 4. The molecule has 1 N–H and O–H groups in total. The fourth-order valence-corrected chi connectivity index (χ4v) is 2.90. The molecule has 2 aromatic rings. The highest BCUT2D eigenvalue weighted by Crippen LogP contribution is 2.29. The Hall–Kier alpha value is -3.00. The van der Waals surface area contributed by atoms with Crippen molar-refractivity contribution < 1.29 is 9.53 Å². The minimum absolute atomic E-state index is 0.208. The molecule has 0 spiro atoms. The van der Waals surface area contributed by atoms with E-state index >= 15 is 0 Å². The Kier molecular flexibility index (Phi) is 4.66. The average molecular weight is 321 g/mol. The molecular weight excluding hydrogens is 302 g/mol. The van der Waals surface area contributed by atoms with Gasteiger partial charge >= 0.3 is 0 Å². The van der Waals surface area contributed by atoms with Crippen molar-refractivity contribution in [1.29, 1.82) is 0 Å². The molecule has 2 heterocycles. The molecule has 1 aliphatic heterocycles. The van der Waals surface area contributed by atoms with Crippen LogP contribution >= 0.6 is 0 Å². The molecule has 0 saturated heterocycles. The van der Waals surface area contributed by atoms with Gasteiger partial charge in [0.25, 0.3) is 5.91 Å². The Morgan fingerprint density at radius 2 is 2.29 bits per heavy atom. The number of benzene rings is 1. The Morgan fingerprint density at radius 1 is 1.42 bits per heavy atom. The third kappa shape index (κ3) is 3.18. The second kappa shape index (κ2) is 7.05. The van der Waals surface area contributed by atoms with E-state index in [4.69, 9.17) is 11.2 Å². The summed E-state index contributed by atoms with van der Waals surface area (Å²) in [7, 11) is 1.70. The quantitative estimate of drug-likeness (QED) is 0.876. The number of carbonyl (C=O) groups is 1. The first-order valence-corrected chi connectivity index (χ1v) is 7.80. The van der Waals surface area contributed by atoms with Crippen LogP contribution in [0, 0.1) is 12.3 Å². The molecule has 0 unspecified atom stereocenters. The number of amides is 1. The summed E-state index contributed by atoms with van der Waals surface area (Å²) >= 11 is 0. The molecule has 122 valence electrons. The van der Waals surface area contributed by atoms with Crippen molar-refractivity contribution in [3.05, 3.63) is 53.2 Å². The molecule has 1 aliphatic rings. The predicted molar refractivity (Wildman–Crippen MR) is 93.2 cm³/mol. The number of carbonyl (C=O) groups excluding carboxylic acids is 1. The van der Waals surface area contributed by atoms with E-state index < -0.39 is 0 Å². The zero-order valence-electron chi connectivity index (χ0n) is 13.6. The smallest absolute Gasteiger partial charge is 0.253 e. The number of terminal acetylenes is 1. The van der Waals surface area contributed by atoms with Gasteiger partial charge in [0.05, 0.1) is 19.2 Å². The van der Waals surface area contributed by atoms with Crippen molar-refractivity contribution >= 4 is 11.7 Å². The highest BCUT2D eigenvalue weighted by Gasteiger charge is 2.20. The van der Waals surface area contributed by atoms with Crippen LogP contribution in [-0.4, -0.2) is 31.1 Å². The number of hydrogen-bond acceptors (Lipinski definition) is 4. The van der Waals surface area contributed by atoms with Gasteiger partial charge in [-0.15, -0.1) is 6.42 Å². The lowest BCUT2D eigenvalue weighted by atomic mass is 9.98. The molecule has 1 amide bonds. The van der Waals surface area contributed by atoms with Gasteiger partial charge in [-0.3, -0.25) is 4.79 Å². The van der Waals surface area contributed by atoms with E-state index in [0.29, 0.717) is 5.56 Å². The summed E-state index contributed by atoms with van der Waals surface area (Å²) in [6.07, 6.45) is 7.63. The van der Waals surface area contributed by atoms with Gasteiger partial charge in [-0.25, -0.2) is 4.98 Å². The second-order valence-corrected chi connectivity index (χ2v) is 5.56. The lowest BCUT2D eigenvalue weighted by Gasteiger charge is -2.30. The largest absolute Gasteiger partial charge is 0.496 e. The number of fused-ring (bicyclic) bond motifs is 1. The van der Waals surface area contributed by atoms with Crippen molar-refractivity contribution in [3.63, 3.8) is 0 Å². The minimum atomic E-state index is -0.208. The maximum atomic E-state index is 11.9. The van der Waals surface area contributed by atoms with Crippen molar-refractivity contribution in [3.8, 4) is 18.1 Å². The van der Waals surface area contributed by atoms with Crippen LogP contribution in [0.1, 0.15) is 21.5 Å². The van der Waals surface area contributed by atoms with Crippen LogP contribution in [-0.2, 0) is 13.0 Å². The fraction of sp³-hybridized carbons (Fsp3) is 0.263. The summed E-state index contributed by atoms with van der Waals surface area (Å²) in [4.78, 5) is 18.5. The van der Waals surface area contributed by atoms with Crippen LogP contribution in [0.25, 0.3) is 0 Å². The van der Waals surface area contributed by atoms with E-state index in [1.54, 1.807) is 19.4 Å². The third-order valence-corrected chi connectivity index (χ3v) is 4.13. The molecule has 24 heavy (non-hydrogen) atoms. The number of methoxy groups -OCH3 is 1. The van der Waals surface area contributed by atoms with Crippen LogP contribution in [0.15, 0.2) is 36.5 Å². The standard InChI is InChI=1S/C19H19N3O2/c1-3-10-20-19(23)14-7-8-18(21-12-14)22-11-9-16-15(13-22)5-4-6-17(16)24-2/h1,4-8,12H,9-11,13H2,2H3,(H,20,23). The number of anilines is 1. The van der Waals surface area contributed by atoms with E-state index in [-0.39, 0.29) is 12.5 Å². The first-order valence-electron chi connectivity index (χ1n) is 7.80. The summed E-state index contributed by atoms with van der Waals surface area (Å²) in [6, 6.07) is 9.76. The van der Waals surface area contributed by atoms with Gasteiger partial charge in [0, 0.05) is 24.8 Å². The summed E-state index contributed by atoms with van der Waals surface area (Å²) in [5.74, 6) is 3.98.